The van der Waals surface area contributed by atoms with Crippen LogP contribution in [0, 0.1) is 0 Å². The van der Waals surface area contributed by atoms with Crippen molar-refractivity contribution in [2.75, 3.05) is 0 Å². The summed E-state index contributed by atoms with van der Waals surface area (Å²) in [6.45, 7) is 0. The molecule has 2 rings (SSSR count). The molecule has 0 nitrogen and oxygen atoms in total. The standard InChI is InChI=1S/2C5H6.Nb.3H/c2*1-2-4-5-3-1;;;;/h2*1-4H,5H2;;;;/q;;+3;3*-1. The molecule has 0 bridgehead atoms. The predicted molar refractivity (Wildman–Crippen MR) is 49.1 cm³/mol. The fraction of sp³-hybridized carbons (Fsp3) is 0.200. The molecule has 0 radical (unpaired) electrons. The topological polar surface area (TPSA) is 0 Å². The van der Waals surface area contributed by atoms with Gasteiger partial charge in [0.05, 0.1) is 0 Å². The van der Waals surface area contributed by atoms with Gasteiger partial charge < -0.3 is 4.28 Å². The third kappa shape index (κ3) is 6.11. The first-order valence-corrected chi connectivity index (χ1v) is 3.63. The first kappa shape index (κ1) is 10.7. The van der Waals surface area contributed by atoms with Crippen LogP contribution in [0.4, 0.5) is 0 Å². The van der Waals surface area contributed by atoms with E-state index in [0.717, 1.165) is 12.8 Å². The minimum atomic E-state index is 0. The zero-order valence-electron chi connectivity index (χ0n) is 9.48. The van der Waals surface area contributed by atoms with Crippen LogP contribution in [0.1, 0.15) is 17.1 Å². The van der Waals surface area contributed by atoms with Crippen LogP contribution >= 0.6 is 0 Å². The maximum atomic E-state index is 2.12. The Morgan fingerprint density at radius 3 is 1.00 bits per heavy atom. The van der Waals surface area contributed by atoms with Gasteiger partial charge in [-0.15, -0.1) is 0 Å². The van der Waals surface area contributed by atoms with Crippen molar-refractivity contribution in [2.24, 2.45) is 0 Å². The van der Waals surface area contributed by atoms with Crippen LogP contribution in [0.2, 0.25) is 0 Å². The second kappa shape index (κ2) is 7.80. The molecule has 0 N–H and O–H groups in total. The van der Waals surface area contributed by atoms with Gasteiger partial charge in [0, 0.05) is 0 Å². The van der Waals surface area contributed by atoms with E-state index in [1.165, 1.54) is 0 Å². The summed E-state index contributed by atoms with van der Waals surface area (Å²) < 4.78 is 0. The summed E-state index contributed by atoms with van der Waals surface area (Å²) in [5, 5.41) is 0. The summed E-state index contributed by atoms with van der Waals surface area (Å²) in [5.41, 5.74) is 0. The van der Waals surface area contributed by atoms with E-state index in [2.05, 4.69) is 48.6 Å². The Labute approximate surface area is 88.3 Å². The molecule has 2 aliphatic rings. The molecule has 0 heterocycles. The van der Waals surface area contributed by atoms with E-state index in [1.807, 2.05) is 0 Å². The van der Waals surface area contributed by atoms with E-state index < -0.39 is 0 Å². The van der Waals surface area contributed by atoms with Crippen molar-refractivity contribution >= 4 is 0 Å². The van der Waals surface area contributed by atoms with Crippen LogP contribution in [0.25, 0.3) is 0 Å². The van der Waals surface area contributed by atoms with Crippen molar-refractivity contribution in [3.8, 4) is 0 Å². The van der Waals surface area contributed by atoms with Gasteiger partial charge in [-0.2, -0.15) is 0 Å². The predicted octanol–water partition coefficient (Wildman–Crippen LogP) is 3.34. The van der Waals surface area contributed by atoms with E-state index in [4.69, 9.17) is 0 Å². The molecule has 0 saturated carbocycles. The molecule has 0 aromatic heterocycles. The van der Waals surface area contributed by atoms with E-state index in [1.54, 1.807) is 0 Å². The van der Waals surface area contributed by atoms with E-state index >= 15 is 0 Å². The van der Waals surface area contributed by atoms with Gasteiger partial charge in [-0.25, -0.2) is 0 Å². The Bertz CT molecular complexity index is 154. The summed E-state index contributed by atoms with van der Waals surface area (Å²) in [6, 6.07) is 0. The molecule has 0 unspecified atom stereocenters. The molecule has 0 atom stereocenters. The largest absolute Gasteiger partial charge is 3.00 e. The van der Waals surface area contributed by atoms with Gasteiger partial charge >= 0.3 is 22.4 Å². The minimum absolute atomic E-state index is 0. The molecular weight excluding hydrogens is 213 g/mol. The number of rotatable bonds is 0. The van der Waals surface area contributed by atoms with Gasteiger partial charge in [-0.1, -0.05) is 48.6 Å². The Kier molecular flexibility index (Phi) is 7.59. The normalized spacial score (nSPS) is 16.0. The molecule has 0 amide bonds. The van der Waals surface area contributed by atoms with Crippen LogP contribution in [0.15, 0.2) is 48.6 Å². The average Bonchev–Trinajstić information content (AvgIpc) is 2.67. The fourth-order valence-electron chi connectivity index (χ4n) is 0.786. The summed E-state index contributed by atoms with van der Waals surface area (Å²) in [4.78, 5) is 0. The third-order valence-corrected chi connectivity index (χ3v) is 1.31. The Morgan fingerprint density at radius 2 is 0.909 bits per heavy atom. The smallest absolute Gasteiger partial charge is 1.00 e. The van der Waals surface area contributed by atoms with E-state index in [0.29, 0.717) is 0 Å². The van der Waals surface area contributed by atoms with Gasteiger partial charge in [0.1, 0.15) is 0 Å². The monoisotopic (exact) mass is 228 g/mol. The average molecular weight is 228 g/mol. The minimum Gasteiger partial charge on any atom is -1.00 e. The number of hydrogen-bond acceptors (Lipinski definition) is 0. The van der Waals surface area contributed by atoms with E-state index in [9.17, 15) is 0 Å². The van der Waals surface area contributed by atoms with Crippen molar-refractivity contribution in [1.29, 1.82) is 0 Å². The maximum Gasteiger partial charge on any atom is 3.00 e. The van der Waals surface area contributed by atoms with Crippen molar-refractivity contribution in [3.05, 3.63) is 48.6 Å². The molecule has 60 valence electrons. The molecule has 0 aliphatic heterocycles. The summed E-state index contributed by atoms with van der Waals surface area (Å²) in [5.74, 6) is 0. The van der Waals surface area contributed by atoms with Crippen molar-refractivity contribution in [1.82, 2.24) is 0 Å². The molecule has 0 spiro atoms. The SMILES string of the molecule is C1=CCC=C1.C1=CCC=C1.[H-].[H-].[H-].[Nb+3]. The van der Waals surface area contributed by atoms with Crippen LogP contribution < -0.4 is 0 Å². The van der Waals surface area contributed by atoms with Crippen molar-refractivity contribution in [2.45, 2.75) is 12.8 Å². The first-order valence-electron chi connectivity index (χ1n) is 3.63. The van der Waals surface area contributed by atoms with Crippen molar-refractivity contribution in [3.63, 3.8) is 0 Å². The number of hydrogen-bond donors (Lipinski definition) is 0. The zero-order valence-corrected chi connectivity index (χ0v) is 8.68. The van der Waals surface area contributed by atoms with Gasteiger partial charge in [-0.05, 0) is 12.8 Å². The number of allylic oxidation sites excluding steroid dienone is 8. The summed E-state index contributed by atoms with van der Waals surface area (Å²) in [6.07, 6.45) is 19.0. The van der Waals surface area contributed by atoms with Crippen LogP contribution in [-0.4, -0.2) is 0 Å². The quantitative estimate of drug-likeness (QED) is 0.558. The van der Waals surface area contributed by atoms with Gasteiger partial charge in [0.15, 0.2) is 0 Å². The molecule has 1 heteroatoms. The molecular formula is C10H15Nb. The molecule has 0 fully saturated rings. The van der Waals surface area contributed by atoms with Gasteiger partial charge in [0.25, 0.3) is 0 Å². The summed E-state index contributed by atoms with van der Waals surface area (Å²) in [7, 11) is 0. The Morgan fingerprint density at radius 1 is 0.636 bits per heavy atom. The summed E-state index contributed by atoms with van der Waals surface area (Å²) >= 11 is 0. The van der Waals surface area contributed by atoms with Crippen LogP contribution in [0.3, 0.4) is 0 Å². The van der Waals surface area contributed by atoms with Crippen LogP contribution in [-0.2, 0) is 22.4 Å². The second-order valence-electron chi connectivity index (χ2n) is 2.18. The Hall–Kier alpha value is -0.300. The first-order chi connectivity index (χ1) is 5.00. The molecule has 0 aromatic rings. The Balaban J connectivity index is -0.0000000556. The fourth-order valence-corrected chi connectivity index (χ4v) is 0.786. The van der Waals surface area contributed by atoms with E-state index in [-0.39, 0.29) is 26.7 Å². The molecule has 0 saturated heterocycles. The maximum absolute atomic E-state index is 2.12. The van der Waals surface area contributed by atoms with Gasteiger partial charge in [0.2, 0.25) is 0 Å². The van der Waals surface area contributed by atoms with Gasteiger partial charge in [-0.3, -0.25) is 0 Å². The van der Waals surface area contributed by atoms with Crippen LogP contribution in [0.5, 0.6) is 0 Å². The zero-order chi connectivity index (χ0) is 7.07. The molecule has 2 aliphatic carbocycles. The van der Waals surface area contributed by atoms with Crippen molar-refractivity contribution < 1.29 is 26.7 Å². The molecule has 0 aromatic carbocycles. The molecule has 11 heavy (non-hydrogen) atoms. The second-order valence-corrected chi connectivity index (χ2v) is 2.18. The third-order valence-electron chi connectivity index (χ3n) is 1.31.